The lowest BCUT2D eigenvalue weighted by molar-refractivity contribution is 0.603. The van der Waals surface area contributed by atoms with Gasteiger partial charge in [0.1, 0.15) is 4.21 Å². The molecular weight excluding hydrogens is 318 g/mol. The van der Waals surface area contributed by atoms with E-state index in [1.807, 2.05) is 31.1 Å². The Kier molecular flexibility index (Phi) is 4.49. The molecule has 5 nitrogen and oxygen atoms in total. The summed E-state index contributed by atoms with van der Waals surface area (Å²) in [4.78, 5) is 6.99. The minimum atomic E-state index is -3.63. The van der Waals surface area contributed by atoms with Crippen molar-refractivity contribution < 1.29 is 8.42 Å². The summed E-state index contributed by atoms with van der Waals surface area (Å²) < 4.78 is 28.0. The van der Waals surface area contributed by atoms with Crippen LogP contribution in [-0.2, 0) is 15.4 Å². The first kappa shape index (κ1) is 16.8. The van der Waals surface area contributed by atoms with Gasteiger partial charge in [0, 0.05) is 25.2 Å². The summed E-state index contributed by atoms with van der Waals surface area (Å²) in [5.74, 6) is 0.332. The number of hydrogen-bond acceptors (Lipinski definition) is 5. The number of hydrogen-bond donors (Lipinski definition) is 1. The Morgan fingerprint density at radius 3 is 2.41 bits per heavy atom. The minimum absolute atomic E-state index is 0.0712. The number of nitrogens with zero attached hydrogens (tertiary/aromatic N) is 2. The fourth-order valence-electron chi connectivity index (χ4n) is 1.88. The van der Waals surface area contributed by atoms with Gasteiger partial charge < -0.3 is 4.90 Å². The topological polar surface area (TPSA) is 62.3 Å². The highest BCUT2D eigenvalue weighted by Crippen LogP contribution is 2.33. The molecule has 0 saturated heterocycles. The van der Waals surface area contributed by atoms with Crippen LogP contribution in [0.4, 0.5) is 11.5 Å². The second-order valence-electron chi connectivity index (χ2n) is 6.24. The number of nitrogens with one attached hydrogen (secondary N) is 1. The van der Waals surface area contributed by atoms with Gasteiger partial charge in [-0.15, -0.1) is 11.3 Å². The zero-order chi connectivity index (χ0) is 16.5. The van der Waals surface area contributed by atoms with Crippen molar-refractivity contribution in [3.8, 4) is 0 Å². The smallest absolute Gasteiger partial charge is 0.272 e. The standard InChI is InChI=1S/C15H21N3O2S2/c1-15(2,3)12-8-9-13(21-12)22(19,20)17-14-11(18(4)5)7-6-10-16-14/h6-10H,1-5H3,(H,16,17). The summed E-state index contributed by atoms with van der Waals surface area (Å²) in [7, 11) is 0.0604. The van der Waals surface area contributed by atoms with Crippen LogP contribution in [0.5, 0.6) is 0 Å². The van der Waals surface area contributed by atoms with Gasteiger partial charge in [0.05, 0.1) is 5.69 Å². The largest absolute Gasteiger partial charge is 0.375 e. The van der Waals surface area contributed by atoms with E-state index in [1.54, 1.807) is 18.3 Å². The molecule has 2 aromatic heterocycles. The average Bonchev–Trinajstić information content (AvgIpc) is 2.88. The van der Waals surface area contributed by atoms with Crippen molar-refractivity contribution in [1.29, 1.82) is 0 Å². The number of sulfonamides is 1. The van der Waals surface area contributed by atoms with E-state index in [0.29, 0.717) is 10.0 Å². The molecule has 2 heterocycles. The number of aromatic nitrogens is 1. The Balaban J connectivity index is 2.35. The van der Waals surface area contributed by atoms with E-state index in [9.17, 15) is 8.42 Å². The van der Waals surface area contributed by atoms with Crippen LogP contribution in [0.3, 0.4) is 0 Å². The molecule has 0 aliphatic carbocycles. The summed E-state index contributed by atoms with van der Waals surface area (Å²) in [6, 6.07) is 7.10. The summed E-state index contributed by atoms with van der Waals surface area (Å²) in [6.07, 6.45) is 1.57. The lowest BCUT2D eigenvalue weighted by atomic mass is 9.95. The third kappa shape index (κ3) is 3.59. The van der Waals surface area contributed by atoms with E-state index >= 15 is 0 Å². The molecule has 22 heavy (non-hydrogen) atoms. The first-order valence-corrected chi connectivity index (χ1v) is 9.17. The highest BCUT2D eigenvalue weighted by atomic mass is 32.2. The van der Waals surface area contributed by atoms with Crippen molar-refractivity contribution in [1.82, 2.24) is 4.98 Å². The minimum Gasteiger partial charge on any atom is -0.375 e. The molecule has 0 atom stereocenters. The van der Waals surface area contributed by atoms with Gasteiger partial charge >= 0.3 is 0 Å². The Labute approximate surface area is 136 Å². The lowest BCUT2D eigenvalue weighted by Crippen LogP contribution is -2.17. The van der Waals surface area contributed by atoms with E-state index < -0.39 is 10.0 Å². The van der Waals surface area contributed by atoms with Crippen LogP contribution in [0, 0.1) is 0 Å². The summed E-state index contributed by atoms with van der Waals surface area (Å²) >= 11 is 1.29. The van der Waals surface area contributed by atoms with E-state index in [2.05, 4.69) is 30.5 Å². The van der Waals surface area contributed by atoms with E-state index in [1.165, 1.54) is 11.3 Å². The third-order valence-corrected chi connectivity index (χ3v) is 6.43. The quantitative estimate of drug-likeness (QED) is 0.928. The summed E-state index contributed by atoms with van der Waals surface area (Å²) in [5, 5.41) is 0. The molecule has 1 N–H and O–H groups in total. The summed E-state index contributed by atoms with van der Waals surface area (Å²) in [5.41, 5.74) is 0.650. The molecule has 2 rings (SSSR count). The molecule has 0 saturated carbocycles. The zero-order valence-electron chi connectivity index (χ0n) is 13.4. The lowest BCUT2D eigenvalue weighted by Gasteiger charge is -2.17. The predicted octanol–water partition coefficient (Wildman–Crippen LogP) is 3.31. The molecule has 0 unspecified atom stereocenters. The molecule has 0 aliphatic rings. The second kappa shape index (κ2) is 5.89. The van der Waals surface area contributed by atoms with Gasteiger partial charge in [0.15, 0.2) is 5.82 Å². The molecule has 0 aromatic carbocycles. The van der Waals surface area contributed by atoms with E-state index in [4.69, 9.17) is 0 Å². The first-order valence-electron chi connectivity index (χ1n) is 6.87. The summed E-state index contributed by atoms with van der Waals surface area (Å²) in [6.45, 7) is 6.18. The van der Waals surface area contributed by atoms with E-state index in [0.717, 1.165) is 10.6 Å². The average molecular weight is 339 g/mol. The normalized spacial score (nSPS) is 12.2. The highest BCUT2D eigenvalue weighted by molar-refractivity contribution is 7.94. The van der Waals surface area contributed by atoms with Crippen molar-refractivity contribution in [2.24, 2.45) is 0 Å². The van der Waals surface area contributed by atoms with Crippen LogP contribution in [0.25, 0.3) is 0 Å². The van der Waals surface area contributed by atoms with Crippen LogP contribution in [0.15, 0.2) is 34.7 Å². The van der Waals surface area contributed by atoms with Crippen molar-refractivity contribution in [3.63, 3.8) is 0 Å². The van der Waals surface area contributed by atoms with Gasteiger partial charge in [0.25, 0.3) is 10.0 Å². The molecule has 2 aromatic rings. The van der Waals surface area contributed by atoms with Gasteiger partial charge in [-0.2, -0.15) is 0 Å². The molecule has 120 valence electrons. The van der Waals surface area contributed by atoms with Gasteiger partial charge in [0.2, 0.25) is 0 Å². The van der Waals surface area contributed by atoms with Crippen LogP contribution in [-0.4, -0.2) is 27.5 Å². The molecular formula is C15H21N3O2S2. The third-order valence-electron chi connectivity index (χ3n) is 3.08. The van der Waals surface area contributed by atoms with Crippen LogP contribution < -0.4 is 9.62 Å². The van der Waals surface area contributed by atoms with Gasteiger partial charge in [-0.25, -0.2) is 13.4 Å². The molecule has 0 amide bonds. The maximum atomic E-state index is 12.6. The maximum absolute atomic E-state index is 12.6. The van der Waals surface area contributed by atoms with Gasteiger partial charge in [-0.05, 0) is 29.7 Å². The molecule has 7 heteroatoms. The number of anilines is 2. The number of thiophene rings is 1. The van der Waals surface area contributed by atoms with E-state index in [-0.39, 0.29) is 5.41 Å². The zero-order valence-corrected chi connectivity index (χ0v) is 15.0. The molecule has 0 bridgehead atoms. The molecule has 0 aliphatic heterocycles. The Bertz CT molecular complexity index is 759. The van der Waals surface area contributed by atoms with Crippen LogP contribution >= 0.6 is 11.3 Å². The highest BCUT2D eigenvalue weighted by Gasteiger charge is 2.23. The van der Waals surface area contributed by atoms with Crippen LogP contribution in [0.2, 0.25) is 0 Å². The maximum Gasteiger partial charge on any atom is 0.272 e. The van der Waals surface area contributed by atoms with Gasteiger partial charge in [-0.3, -0.25) is 4.72 Å². The molecule has 0 fully saturated rings. The van der Waals surface area contributed by atoms with Crippen molar-refractivity contribution in [2.75, 3.05) is 23.7 Å². The Morgan fingerprint density at radius 1 is 1.18 bits per heavy atom. The van der Waals surface area contributed by atoms with Crippen molar-refractivity contribution >= 4 is 32.9 Å². The fourth-order valence-corrected chi connectivity index (χ4v) is 4.27. The van der Waals surface area contributed by atoms with Crippen molar-refractivity contribution in [2.45, 2.75) is 30.4 Å². The van der Waals surface area contributed by atoms with Crippen LogP contribution in [0.1, 0.15) is 25.6 Å². The second-order valence-corrected chi connectivity index (χ2v) is 9.23. The van der Waals surface area contributed by atoms with Gasteiger partial charge in [-0.1, -0.05) is 20.8 Å². The first-order chi connectivity index (χ1) is 10.1. The van der Waals surface area contributed by atoms with Crippen molar-refractivity contribution in [3.05, 3.63) is 35.3 Å². The molecule has 0 spiro atoms. The predicted molar refractivity (Wildman–Crippen MR) is 92.4 cm³/mol. The monoisotopic (exact) mass is 339 g/mol. The fraction of sp³-hybridized carbons (Fsp3) is 0.400. The SMILES string of the molecule is CN(C)c1cccnc1NS(=O)(=O)c1ccc(C(C)(C)C)s1. The molecule has 0 radical (unpaired) electrons. The Morgan fingerprint density at radius 2 is 1.86 bits per heavy atom. The number of rotatable bonds is 4. The Hall–Kier alpha value is -1.60. The number of pyridine rings is 1.